The van der Waals surface area contributed by atoms with E-state index in [9.17, 15) is 0 Å². The Hall–Kier alpha value is 0.0839. The molecule has 1 aromatic rings. The molecule has 1 radical (unpaired) electrons. The van der Waals surface area contributed by atoms with Crippen molar-refractivity contribution in [2.75, 3.05) is 13.1 Å². The molecule has 0 saturated carbocycles. The molecule has 0 heterocycles. The van der Waals surface area contributed by atoms with Crippen LogP contribution in [0.4, 0.5) is 0 Å². The molecular formula is C11H15NOY-2. The molecule has 0 aliphatic heterocycles. The minimum Gasteiger partial charge on any atom is -0.508 e. The van der Waals surface area contributed by atoms with E-state index in [1.165, 1.54) is 5.56 Å². The molecule has 0 unspecified atom stereocenters. The van der Waals surface area contributed by atoms with Crippen LogP contribution in [-0.2, 0) is 39.3 Å². The van der Waals surface area contributed by atoms with Gasteiger partial charge in [0, 0.05) is 39.3 Å². The molecule has 0 bridgehead atoms. The topological polar surface area (TPSA) is 23.5 Å². The number of phenolic OH excluding ortho intramolecular Hbond substituents is 1. The number of aromatic hydroxyl groups is 1. The second-order valence-electron chi connectivity index (χ2n) is 2.94. The molecule has 1 aromatic carbocycles. The number of nitrogens with zero attached hydrogens (tertiary/aromatic N) is 1. The quantitative estimate of drug-likeness (QED) is 0.841. The number of hydrogen-bond donors (Lipinski definition) is 1. The molecule has 2 nitrogen and oxygen atoms in total. The van der Waals surface area contributed by atoms with Crippen molar-refractivity contribution in [3.05, 3.63) is 43.7 Å². The van der Waals surface area contributed by atoms with Crippen molar-refractivity contribution in [2.24, 2.45) is 0 Å². The van der Waals surface area contributed by atoms with Crippen LogP contribution in [0.25, 0.3) is 0 Å². The summed E-state index contributed by atoms with van der Waals surface area (Å²) >= 11 is 0. The van der Waals surface area contributed by atoms with Crippen LogP contribution in [0.3, 0.4) is 0 Å². The first-order valence-electron chi connectivity index (χ1n) is 4.35. The van der Waals surface area contributed by atoms with Gasteiger partial charge in [-0.1, -0.05) is 12.1 Å². The number of hydrogen-bond acceptors (Lipinski definition) is 2. The van der Waals surface area contributed by atoms with Gasteiger partial charge in [-0.2, -0.15) is 0 Å². The summed E-state index contributed by atoms with van der Waals surface area (Å²) in [7, 11) is 0. The van der Waals surface area contributed by atoms with Gasteiger partial charge in [-0.15, -0.1) is 13.1 Å². The summed E-state index contributed by atoms with van der Waals surface area (Å²) in [5.41, 5.74) is 1.17. The van der Waals surface area contributed by atoms with E-state index in [2.05, 4.69) is 18.7 Å². The zero-order valence-electron chi connectivity index (χ0n) is 8.32. The van der Waals surface area contributed by atoms with Gasteiger partial charge in [-0.05, 0) is 17.7 Å². The summed E-state index contributed by atoms with van der Waals surface area (Å²) < 4.78 is 0. The molecule has 0 aliphatic rings. The van der Waals surface area contributed by atoms with Gasteiger partial charge in [-0.3, -0.25) is 0 Å². The third kappa shape index (κ3) is 4.54. The Labute approximate surface area is 111 Å². The summed E-state index contributed by atoms with van der Waals surface area (Å²) in [4.78, 5) is 2.12. The Bertz CT molecular complexity index is 244. The molecule has 0 amide bonds. The maximum absolute atomic E-state index is 9.07. The molecule has 1 rings (SSSR count). The summed E-state index contributed by atoms with van der Waals surface area (Å²) in [6, 6.07) is 7.21. The molecular weight excluding hydrogens is 251 g/mol. The molecule has 0 saturated heterocycles. The fourth-order valence-electron chi connectivity index (χ4n) is 1.13. The molecule has 0 atom stereocenters. The zero-order valence-corrected chi connectivity index (χ0v) is 11.2. The predicted octanol–water partition coefficient (Wildman–Crippen LogP) is 1.86. The zero-order chi connectivity index (χ0) is 9.68. The predicted molar refractivity (Wildman–Crippen MR) is 54.1 cm³/mol. The van der Waals surface area contributed by atoms with E-state index in [0.717, 1.165) is 19.6 Å². The van der Waals surface area contributed by atoms with Crippen molar-refractivity contribution in [3.63, 3.8) is 0 Å². The van der Waals surface area contributed by atoms with Gasteiger partial charge in [0.1, 0.15) is 5.75 Å². The van der Waals surface area contributed by atoms with Crippen LogP contribution < -0.4 is 0 Å². The Morgan fingerprint density at radius 1 is 1.07 bits per heavy atom. The van der Waals surface area contributed by atoms with Crippen LogP contribution in [0.1, 0.15) is 5.56 Å². The van der Waals surface area contributed by atoms with Crippen LogP contribution in [0.2, 0.25) is 0 Å². The van der Waals surface area contributed by atoms with Crippen LogP contribution >= 0.6 is 0 Å². The summed E-state index contributed by atoms with van der Waals surface area (Å²) in [6.07, 6.45) is 0. The summed E-state index contributed by atoms with van der Waals surface area (Å²) in [5.74, 6) is 0.305. The second-order valence-corrected chi connectivity index (χ2v) is 2.94. The monoisotopic (exact) mass is 266 g/mol. The minimum atomic E-state index is 0. The Morgan fingerprint density at radius 3 is 2.00 bits per heavy atom. The SMILES string of the molecule is [CH2-]CN(C[CH2-])Cc1ccc(O)cc1.[Y]. The normalized spacial score (nSPS) is 9.93. The standard InChI is InChI=1S/C11H15NO.Y/c1-3-12(4-2)9-10-5-7-11(13)8-6-10;/h5-8,13H,1-4,9H2;/q-2;. The van der Waals surface area contributed by atoms with Crippen LogP contribution in [0.15, 0.2) is 24.3 Å². The fourth-order valence-corrected chi connectivity index (χ4v) is 1.13. The average Bonchev–Trinajstić information content (AvgIpc) is 2.17. The van der Waals surface area contributed by atoms with E-state index in [1.54, 1.807) is 12.1 Å². The van der Waals surface area contributed by atoms with Gasteiger partial charge in [0.15, 0.2) is 0 Å². The maximum atomic E-state index is 9.07. The first-order valence-corrected chi connectivity index (χ1v) is 4.35. The van der Waals surface area contributed by atoms with Gasteiger partial charge in [-0.25, -0.2) is 0 Å². The maximum Gasteiger partial charge on any atom is 0.115 e. The molecule has 0 aliphatic carbocycles. The van der Waals surface area contributed by atoms with E-state index >= 15 is 0 Å². The molecule has 0 fully saturated rings. The van der Waals surface area contributed by atoms with Gasteiger partial charge in [0.25, 0.3) is 0 Å². The fraction of sp³-hybridized carbons (Fsp3) is 0.273. The van der Waals surface area contributed by atoms with Crippen molar-refractivity contribution < 1.29 is 37.8 Å². The van der Waals surface area contributed by atoms with Crippen molar-refractivity contribution in [1.29, 1.82) is 0 Å². The van der Waals surface area contributed by atoms with Gasteiger partial charge in [0.05, 0.1) is 0 Å². The van der Waals surface area contributed by atoms with Gasteiger partial charge >= 0.3 is 0 Å². The molecule has 14 heavy (non-hydrogen) atoms. The number of phenols is 1. The largest absolute Gasteiger partial charge is 0.508 e. The Morgan fingerprint density at radius 2 is 1.57 bits per heavy atom. The first-order chi connectivity index (χ1) is 6.26. The molecule has 3 heteroatoms. The van der Waals surface area contributed by atoms with Crippen molar-refractivity contribution in [2.45, 2.75) is 6.54 Å². The van der Waals surface area contributed by atoms with E-state index in [-0.39, 0.29) is 32.7 Å². The van der Waals surface area contributed by atoms with Crippen LogP contribution in [-0.4, -0.2) is 23.1 Å². The smallest absolute Gasteiger partial charge is 0.115 e. The van der Waals surface area contributed by atoms with Gasteiger partial charge < -0.3 is 23.9 Å². The molecule has 75 valence electrons. The van der Waals surface area contributed by atoms with Crippen molar-refractivity contribution >= 4 is 0 Å². The minimum absolute atomic E-state index is 0. The molecule has 0 spiro atoms. The van der Waals surface area contributed by atoms with Crippen LogP contribution in [0.5, 0.6) is 5.75 Å². The first kappa shape index (κ1) is 14.1. The van der Waals surface area contributed by atoms with Crippen molar-refractivity contribution in [1.82, 2.24) is 4.90 Å². The van der Waals surface area contributed by atoms with Crippen molar-refractivity contribution in [3.8, 4) is 5.75 Å². The second kappa shape index (κ2) is 7.39. The number of rotatable bonds is 4. The Kier molecular flexibility index (Phi) is 7.43. The van der Waals surface area contributed by atoms with E-state index in [1.807, 2.05) is 12.1 Å². The third-order valence-electron chi connectivity index (χ3n) is 1.97. The summed E-state index contributed by atoms with van der Waals surface area (Å²) in [5, 5.41) is 9.07. The molecule has 1 N–H and O–H groups in total. The molecule has 0 aromatic heterocycles. The van der Waals surface area contributed by atoms with E-state index in [0.29, 0.717) is 5.75 Å². The average molecular weight is 266 g/mol. The van der Waals surface area contributed by atoms with Gasteiger partial charge in [0.2, 0.25) is 0 Å². The Balaban J connectivity index is 0.00000169. The van der Waals surface area contributed by atoms with Crippen LogP contribution in [0, 0.1) is 13.8 Å². The third-order valence-corrected chi connectivity index (χ3v) is 1.97. The van der Waals surface area contributed by atoms with E-state index in [4.69, 9.17) is 5.11 Å². The number of benzene rings is 1. The summed E-state index contributed by atoms with van der Waals surface area (Å²) in [6.45, 7) is 9.96. The van der Waals surface area contributed by atoms with E-state index < -0.39 is 0 Å².